The van der Waals surface area contributed by atoms with Crippen molar-refractivity contribution >= 4 is 5.69 Å². The second-order valence-corrected chi connectivity index (χ2v) is 2.69. The van der Waals surface area contributed by atoms with Gasteiger partial charge in [0, 0.05) is 12.7 Å². The number of hydrogen-bond donors (Lipinski definition) is 1. The Morgan fingerprint density at radius 1 is 1.42 bits per heavy atom. The van der Waals surface area contributed by atoms with Crippen LogP contribution in [0.2, 0.25) is 0 Å². The molecule has 1 unspecified atom stereocenters. The first-order valence-corrected chi connectivity index (χ1v) is 3.96. The van der Waals surface area contributed by atoms with Gasteiger partial charge in [-0.2, -0.15) is 5.26 Å². The third-order valence-electron chi connectivity index (χ3n) is 1.89. The van der Waals surface area contributed by atoms with Crippen molar-refractivity contribution in [2.45, 2.75) is 12.8 Å². The van der Waals surface area contributed by atoms with Crippen LogP contribution in [0.15, 0.2) is 24.3 Å². The van der Waals surface area contributed by atoms with Crippen molar-refractivity contribution < 1.29 is 0 Å². The molecule has 0 aliphatic heterocycles. The van der Waals surface area contributed by atoms with Gasteiger partial charge in [0.2, 0.25) is 0 Å². The van der Waals surface area contributed by atoms with Crippen molar-refractivity contribution in [1.82, 2.24) is 0 Å². The van der Waals surface area contributed by atoms with Crippen LogP contribution >= 0.6 is 0 Å². The molecule has 0 amide bonds. The smallest absolute Gasteiger partial charge is 0.0704 e. The summed E-state index contributed by atoms with van der Waals surface area (Å²) < 4.78 is 0. The minimum absolute atomic E-state index is 0.0475. The summed E-state index contributed by atoms with van der Waals surface area (Å²) in [6.45, 7) is 1.90. The van der Waals surface area contributed by atoms with Crippen LogP contribution < -0.4 is 5.32 Å². The van der Waals surface area contributed by atoms with Gasteiger partial charge in [-0.3, -0.25) is 0 Å². The third-order valence-corrected chi connectivity index (χ3v) is 1.89. The second-order valence-electron chi connectivity index (χ2n) is 2.69. The van der Waals surface area contributed by atoms with E-state index in [1.165, 1.54) is 0 Å². The lowest BCUT2D eigenvalue weighted by atomic mass is 10.0. The van der Waals surface area contributed by atoms with E-state index in [0.717, 1.165) is 11.3 Å². The summed E-state index contributed by atoms with van der Waals surface area (Å²) in [5.41, 5.74) is 2.09. The number of nitrogens with zero attached hydrogens (tertiary/aromatic N) is 1. The van der Waals surface area contributed by atoms with Crippen LogP contribution in [0.25, 0.3) is 0 Å². The lowest BCUT2D eigenvalue weighted by Crippen LogP contribution is -1.97. The lowest BCUT2D eigenvalue weighted by molar-refractivity contribution is 0.983. The monoisotopic (exact) mass is 160 g/mol. The van der Waals surface area contributed by atoms with Crippen molar-refractivity contribution in [2.75, 3.05) is 12.4 Å². The second kappa shape index (κ2) is 3.77. The van der Waals surface area contributed by atoms with E-state index in [4.69, 9.17) is 5.26 Å². The normalized spacial score (nSPS) is 11.8. The maximum absolute atomic E-state index is 8.73. The molecule has 1 rings (SSSR count). The Balaban J connectivity index is 3.06. The van der Waals surface area contributed by atoms with Crippen molar-refractivity contribution in [3.8, 4) is 6.07 Å². The van der Waals surface area contributed by atoms with Gasteiger partial charge in [0.05, 0.1) is 12.0 Å². The molecule has 0 bridgehead atoms. The molecule has 0 aliphatic carbocycles. The van der Waals surface area contributed by atoms with Crippen molar-refractivity contribution in [1.29, 1.82) is 5.26 Å². The molecule has 0 spiro atoms. The van der Waals surface area contributed by atoms with Crippen LogP contribution in [0, 0.1) is 11.3 Å². The van der Waals surface area contributed by atoms with Gasteiger partial charge >= 0.3 is 0 Å². The van der Waals surface area contributed by atoms with Crippen LogP contribution in [0.5, 0.6) is 0 Å². The number of nitrogens with one attached hydrogen (secondary N) is 1. The largest absolute Gasteiger partial charge is 0.388 e. The number of anilines is 1. The van der Waals surface area contributed by atoms with E-state index >= 15 is 0 Å². The fourth-order valence-electron chi connectivity index (χ4n) is 1.17. The molecule has 0 saturated carbocycles. The van der Waals surface area contributed by atoms with Crippen LogP contribution in [-0.4, -0.2) is 7.05 Å². The van der Waals surface area contributed by atoms with Gasteiger partial charge in [0.15, 0.2) is 0 Å². The number of nitriles is 1. The zero-order valence-corrected chi connectivity index (χ0v) is 7.33. The highest BCUT2D eigenvalue weighted by Crippen LogP contribution is 2.22. The SMILES string of the molecule is CNc1ccccc1C(C)C#N. The molecule has 2 heteroatoms. The Morgan fingerprint density at radius 3 is 2.67 bits per heavy atom. The average Bonchev–Trinajstić information content (AvgIpc) is 2.16. The summed E-state index contributed by atoms with van der Waals surface area (Å²) in [7, 11) is 1.86. The summed E-state index contributed by atoms with van der Waals surface area (Å²) >= 11 is 0. The van der Waals surface area contributed by atoms with E-state index in [1.54, 1.807) is 0 Å². The number of para-hydroxylation sites is 1. The van der Waals surface area contributed by atoms with Crippen LogP contribution in [-0.2, 0) is 0 Å². The minimum Gasteiger partial charge on any atom is -0.388 e. The number of rotatable bonds is 2. The van der Waals surface area contributed by atoms with Crippen molar-refractivity contribution in [3.63, 3.8) is 0 Å². The van der Waals surface area contributed by atoms with Crippen LogP contribution in [0.3, 0.4) is 0 Å². The Hall–Kier alpha value is -1.49. The van der Waals surface area contributed by atoms with Crippen molar-refractivity contribution in [3.05, 3.63) is 29.8 Å². The summed E-state index contributed by atoms with van der Waals surface area (Å²) in [5.74, 6) is -0.0475. The maximum Gasteiger partial charge on any atom is 0.0704 e. The minimum atomic E-state index is -0.0475. The first-order chi connectivity index (χ1) is 5.79. The Morgan fingerprint density at radius 2 is 2.08 bits per heavy atom. The van der Waals surface area contributed by atoms with Crippen LogP contribution in [0.1, 0.15) is 18.4 Å². The van der Waals surface area contributed by atoms with E-state index in [1.807, 2.05) is 38.2 Å². The molecule has 1 aromatic carbocycles. The molecule has 0 fully saturated rings. The fourth-order valence-corrected chi connectivity index (χ4v) is 1.17. The van der Waals surface area contributed by atoms with Crippen molar-refractivity contribution in [2.24, 2.45) is 0 Å². The van der Waals surface area contributed by atoms with Gasteiger partial charge in [-0.25, -0.2) is 0 Å². The molecule has 12 heavy (non-hydrogen) atoms. The fraction of sp³-hybridized carbons (Fsp3) is 0.300. The van der Waals surface area contributed by atoms with E-state index in [9.17, 15) is 0 Å². The Labute approximate surface area is 72.8 Å². The molecular formula is C10H12N2. The topological polar surface area (TPSA) is 35.8 Å². The van der Waals surface area contributed by atoms with E-state index < -0.39 is 0 Å². The highest BCUT2D eigenvalue weighted by atomic mass is 14.8. The first kappa shape index (κ1) is 8.61. The maximum atomic E-state index is 8.73. The Bertz CT molecular complexity index is 299. The van der Waals surface area contributed by atoms with Gasteiger partial charge in [0.25, 0.3) is 0 Å². The number of hydrogen-bond acceptors (Lipinski definition) is 2. The summed E-state index contributed by atoms with van der Waals surface area (Å²) in [4.78, 5) is 0. The van der Waals surface area contributed by atoms with Crippen LogP contribution in [0.4, 0.5) is 5.69 Å². The van der Waals surface area contributed by atoms with Gasteiger partial charge in [0.1, 0.15) is 0 Å². The predicted octanol–water partition coefficient (Wildman–Crippen LogP) is 2.36. The van der Waals surface area contributed by atoms with Gasteiger partial charge in [-0.1, -0.05) is 18.2 Å². The molecule has 2 nitrogen and oxygen atoms in total. The quantitative estimate of drug-likeness (QED) is 0.720. The Kier molecular flexibility index (Phi) is 2.71. The van der Waals surface area contributed by atoms with Gasteiger partial charge in [-0.05, 0) is 18.6 Å². The standard InChI is InChI=1S/C10H12N2/c1-8(7-11)9-5-3-4-6-10(9)12-2/h3-6,8,12H,1-2H3. The molecule has 1 N–H and O–H groups in total. The molecule has 62 valence electrons. The van der Waals surface area contributed by atoms with Gasteiger partial charge < -0.3 is 5.32 Å². The molecule has 1 aromatic rings. The molecule has 0 aromatic heterocycles. The van der Waals surface area contributed by atoms with Gasteiger partial charge in [-0.15, -0.1) is 0 Å². The summed E-state index contributed by atoms with van der Waals surface area (Å²) in [5, 5.41) is 11.8. The summed E-state index contributed by atoms with van der Waals surface area (Å²) in [6.07, 6.45) is 0. The molecule has 0 saturated heterocycles. The van der Waals surface area contributed by atoms with E-state index in [0.29, 0.717) is 0 Å². The highest BCUT2D eigenvalue weighted by Gasteiger charge is 2.06. The molecule has 0 aliphatic rings. The zero-order chi connectivity index (χ0) is 8.97. The summed E-state index contributed by atoms with van der Waals surface area (Å²) in [6, 6.07) is 10.1. The lowest BCUT2D eigenvalue weighted by Gasteiger charge is -2.09. The first-order valence-electron chi connectivity index (χ1n) is 3.96. The average molecular weight is 160 g/mol. The number of benzene rings is 1. The van der Waals surface area contributed by atoms with E-state index in [2.05, 4.69) is 11.4 Å². The molecule has 0 radical (unpaired) electrons. The predicted molar refractivity (Wildman–Crippen MR) is 50.0 cm³/mol. The molecule has 0 heterocycles. The third kappa shape index (κ3) is 1.57. The molecule has 1 atom stereocenters. The van der Waals surface area contributed by atoms with E-state index in [-0.39, 0.29) is 5.92 Å². The zero-order valence-electron chi connectivity index (χ0n) is 7.33. The highest BCUT2D eigenvalue weighted by molar-refractivity contribution is 5.53. The molecular weight excluding hydrogens is 148 g/mol.